The first kappa shape index (κ1) is 11.6. The highest BCUT2D eigenvalue weighted by atomic mass is 15.1. The van der Waals surface area contributed by atoms with Gasteiger partial charge in [0.1, 0.15) is 0 Å². The van der Waals surface area contributed by atoms with E-state index < -0.39 is 0 Å². The lowest BCUT2D eigenvalue weighted by Gasteiger charge is -2.39. The molecule has 0 aromatic carbocycles. The molecule has 0 bridgehead atoms. The van der Waals surface area contributed by atoms with Crippen molar-refractivity contribution in [2.45, 2.75) is 52.1 Å². The van der Waals surface area contributed by atoms with Gasteiger partial charge in [0.25, 0.3) is 0 Å². The third-order valence-corrected chi connectivity index (χ3v) is 3.83. The van der Waals surface area contributed by atoms with Crippen molar-refractivity contribution < 1.29 is 0 Å². The van der Waals surface area contributed by atoms with E-state index in [0.29, 0.717) is 11.5 Å². The van der Waals surface area contributed by atoms with Crippen molar-refractivity contribution in [2.75, 3.05) is 6.54 Å². The maximum Gasteiger partial charge on any atom is 0.0946 e. The minimum Gasteiger partial charge on any atom is -0.336 e. The summed E-state index contributed by atoms with van der Waals surface area (Å²) in [5.74, 6) is 0. The van der Waals surface area contributed by atoms with Gasteiger partial charge in [0.05, 0.1) is 6.33 Å². The van der Waals surface area contributed by atoms with Crippen LogP contribution in [0.4, 0.5) is 0 Å². The van der Waals surface area contributed by atoms with E-state index >= 15 is 0 Å². The number of hydrogen-bond acceptors (Lipinski definition) is 2. The van der Waals surface area contributed by atoms with Gasteiger partial charge >= 0.3 is 0 Å². The number of hydrogen-bond donors (Lipinski definition) is 1. The lowest BCUT2D eigenvalue weighted by atomic mass is 9.73. The molecule has 1 saturated carbocycles. The van der Waals surface area contributed by atoms with Gasteiger partial charge in [-0.2, -0.15) is 0 Å². The van der Waals surface area contributed by atoms with E-state index in [1.54, 1.807) is 0 Å². The average Bonchev–Trinajstić information content (AvgIpc) is 2.73. The zero-order valence-corrected chi connectivity index (χ0v) is 10.4. The molecule has 3 heteroatoms. The molecule has 1 unspecified atom stereocenters. The molecule has 1 aromatic heterocycles. The normalized spacial score (nSPS) is 24.5. The first-order valence-electron chi connectivity index (χ1n) is 6.38. The van der Waals surface area contributed by atoms with Crippen molar-refractivity contribution in [3.05, 3.63) is 18.7 Å². The fourth-order valence-electron chi connectivity index (χ4n) is 2.66. The van der Waals surface area contributed by atoms with Crippen molar-refractivity contribution in [3.63, 3.8) is 0 Å². The summed E-state index contributed by atoms with van der Waals surface area (Å²) in [4.78, 5) is 4.05. The number of aromatic nitrogens is 2. The first-order valence-corrected chi connectivity index (χ1v) is 6.38. The van der Waals surface area contributed by atoms with Gasteiger partial charge in [0, 0.05) is 31.5 Å². The van der Waals surface area contributed by atoms with Crippen LogP contribution >= 0.6 is 0 Å². The van der Waals surface area contributed by atoms with Crippen LogP contribution in [0.2, 0.25) is 0 Å². The van der Waals surface area contributed by atoms with Crippen molar-refractivity contribution in [1.29, 1.82) is 0 Å². The van der Waals surface area contributed by atoms with Crippen LogP contribution < -0.4 is 5.32 Å². The molecule has 1 aliphatic carbocycles. The molecule has 2 rings (SSSR count). The van der Waals surface area contributed by atoms with E-state index in [2.05, 4.69) is 28.7 Å². The molecule has 0 aliphatic heterocycles. The summed E-state index contributed by atoms with van der Waals surface area (Å²) in [5.41, 5.74) is 0.465. The summed E-state index contributed by atoms with van der Waals surface area (Å²) in [7, 11) is 0. The molecular weight excluding hydrogens is 198 g/mol. The van der Waals surface area contributed by atoms with Crippen LogP contribution in [0.1, 0.15) is 39.5 Å². The Kier molecular flexibility index (Phi) is 3.64. The second kappa shape index (κ2) is 5.00. The Morgan fingerprint density at radius 1 is 1.44 bits per heavy atom. The van der Waals surface area contributed by atoms with Gasteiger partial charge in [-0.3, -0.25) is 0 Å². The predicted octanol–water partition coefficient (Wildman–Crippen LogP) is 2.44. The third-order valence-electron chi connectivity index (χ3n) is 3.83. The standard InChI is InChI=1S/C13H23N3/c1-13(2)6-4-3-5-12(13)15-8-10-16-9-7-14-11-16/h7,9,11-12,15H,3-6,8,10H2,1-2H3. The van der Waals surface area contributed by atoms with Crippen LogP contribution in [0.25, 0.3) is 0 Å². The first-order chi connectivity index (χ1) is 7.68. The largest absolute Gasteiger partial charge is 0.336 e. The van der Waals surface area contributed by atoms with Crippen molar-refractivity contribution in [1.82, 2.24) is 14.9 Å². The minimum absolute atomic E-state index is 0.465. The molecular formula is C13H23N3. The zero-order chi connectivity index (χ0) is 11.4. The Balaban J connectivity index is 1.76. The maximum atomic E-state index is 4.05. The summed E-state index contributed by atoms with van der Waals surface area (Å²) < 4.78 is 2.13. The van der Waals surface area contributed by atoms with E-state index in [-0.39, 0.29) is 0 Å². The van der Waals surface area contributed by atoms with Gasteiger partial charge in [0.2, 0.25) is 0 Å². The summed E-state index contributed by atoms with van der Waals surface area (Å²) in [6.45, 7) is 6.85. The molecule has 1 atom stereocenters. The highest BCUT2D eigenvalue weighted by molar-refractivity contribution is 4.87. The molecule has 0 radical (unpaired) electrons. The van der Waals surface area contributed by atoms with E-state index in [9.17, 15) is 0 Å². The van der Waals surface area contributed by atoms with Crippen molar-refractivity contribution in [3.8, 4) is 0 Å². The molecule has 1 fully saturated rings. The van der Waals surface area contributed by atoms with Crippen LogP contribution in [-0.4, -0.2) is 22.1 Å². The second-order valence-electron chi connectivity index (χ2n) is 5.54. The number of rotatable bonds is 4. The molecule has 1 N–H and O–H groups in total. The topological polar surface area (TPSA) is 29.9 Å². The minimum atomic E-state index is 0.465. The molecule has 0 amide bonds. The fraction of sp³-hybridized carbons (Fsp3) is 0.769. The van der Waals surface area contributed by atoms with Crippen LogP contribution in [0.15, 0.2) is 18.7 Å². The van der Waals surface area contributed by atoms with Gasteiger partial charge in [-0.15, -0.1) is 0 Å². The summed E-state index contributed by atoms with van der Waals surface area (Å²) in [5, 5.41) is 3.70. The maximum absolute atomic E-state index is 4.05. The quantitative estimate of drug-likeness (QED) is 0.846. The van der Waals surface area contributed by atoms with Gasteiger partial charge in [-0.25, -0.2) is 4.98 Å². The average molecular weight is 221 g/mol. The molecule has 1 aromatic rings. The Morgan fingerprint density at radius 2 is 2.31 bits per heavy atom. The molecule has 0 saturated heterocycles. The van der Waals surface area contributed by atoms with Crippen LogP contribution in [0, 0.1) is 5.41 Å². The predicted molar refractivity (Wildman–Crippen MR) is 66.3 cm³/mol. The lowest BCUT2D eigenvalue weighted by molar-refractivity contribution is 0.167. The van der Waals surface area contributed by atoms with Gasteiger partial charge < -0.3 is 9.88 Å². The van der Waals surface area contributed by atoms with Crippen LogP contribution in [0.5, 0.6) is 0 Å². The van der Waals surface area contributed by atoms with E-state index in [1.807, 2.05) is 18.7 Å². The zero-order valence-electron chi connectivity index (χ0n) is 10.4. The van der Waals surface area contributed by atoms with Gasteiger partial charge in [0.15, 0.2) is 0 Å². The fourth-order valence-corrected chi connectivity index (χ4v) is 2.66. The lowest BCUT2D eigenvalue weighted by Crippen LogP contribution is -2.45. The molecule has 16 heavy (non-hydrogen) atoms. The number of nitrogens with one attached hydrogen (secondary N) is 1. The van der Waals surface area contributed by atoms with Crippen molar-refractivity contribution in [2.24, 2.45) is 5.41 Å². The Labute approximate surface area is 98.3 Å². The summed E-state index contributed by atoms with van der Waals surface area (Å²) >= 11 is 0. The second-order valence-corrected chi connectivity index (χ2v) is 5.54. The van der Waals surface area contributed by atoms with Crippen molar-refractivity contribution >= 4 is 0 Å². The number of imidazole rings is 1. The Hall–Kier alpha value is -0.830. The molecule has 1 heterocycles. The molecule has 0 spiro atoms. The molecule has 3 nitrogen and oxygen atoms in total. The van der Waals surface area contributed by atoms with E-state index in [0.717, 1.165) is 13.1 Å². The SMILES string of the molecule is CC1(C)CCCCC1NCCn1ccnc1. The Morgan fingerprint density at radius 3 is 3.00 bits per heavy atom. The monoisotopic (exact) mass is 221 g/mol. The van der Waals surface area contributed by atoms with Crippen LogP contribution in [0.3, 0.4) is 0 Å². The van der Waals surface area contributed by atoms with Gasteiger partial charge in [-0.1, -0.05) is 26.7 Å². The van der Waals surface area contributed by atoms with E-state index in [1.165, 1.54) is 25.7 Å². The summed E-state index contributed by atoms with van der Waals surface area (Å²) in [6, 6.07) is 0.685. The molecule has 90 valence electrons. The smallest absolute Gasteiger partial charge is 0.0946 e. The van der Waals surface area contributed by atoms with E-state index in [4.69, 9.17) is 0 Å². The van der Waals surface area contributed by atoms with Gasteiger partial charge in [-0.05, 0) is 18.3 Å². The summed E-state index contributed by atoms with van der Waals surface area (Å²) in [6.07, 6.45) is 11.2. The molecule has 1 aliphatic rings. The Bertz CT molecular complexity index is 303. The number of nitrogens with zero attached hydrogens (tertiary/aromatic N) is 2. The van der Waals surface area contributed by atoms with Crippen LogP contribution in [-0.2, 0) is 6.54 Å². The third kappa shape index (κ3) is 2.85. The highest BCUT2D eigenvalue weighted by Crippen LogP contribution is 2.35. The highest BCUT2D eigenvalue weighted by Gasteiger charge is 2.31.